The summed E-state index contributed by atoms with van der Waals surface area (Å²) in [7, 11) is 6.27. The maximum absolute atomic E-state index is 14.8. The summed E-state index contributed by atoms with van der Waals surface area (Å²) in [5, 5.41) is 4.97. The minimum atomic E-state index is -0.435. The number of nitrogens with zero attached hydrogens (tertiary/aromatic N) is 2. The average molecular weight is 461 g/mol. The van der Waals surface area contributed by atoms with Gasteiger partial charge in [0, 0.05) is 16.7 Å². The molecule has 3 aromatic carbocycles. The zero-order chi connectivity index (χ0) is 23.8. The van der Waals surface area contributed by atoms with Gasteiger partial charge in [0.25, 0.3) is 0 Å². The van der Waals surface area contributed by atoms with Crippen LogP contribution < -0.4 is 18.9 Å². The molecule has 1 aliphatic carbocycles. The van der Waals surface area contributed by atoms with Crippen molar-refractivity contribution in [3.63, 3.8) is 0 Å². The number of benzene rings is 3. The van der Waals surface area contributed by atoms with Gasteiger partial charge in [0.05, 0.1) is 45.5 Å². The van der Waals surface area contributed by atoms with Crippen LogP contribution in [0.3, 0.4) is 0 Å². The highest BCUT2D eigenvalue weighted by Crippen LogP contribution is 2.51. The standard InChI is InChI=1S/C27H25FN2O4/c1-31-22-13-10-16(14-20(22)28)25-24-19-15-23(32-2)27(34-4)26(33-3)18(19)11-12-21(24)29-30(25)17-8-6-5-7-9-17/h5-10,13-15H,11-12H2,1-4H3. The number of rotatable bonds is 6. The van der Waals surface area contributed by atoms with Crippen molar-refractivity contribution in [2.24, 2.45) is 0 Å². The number of aromatic nitrogens is 2. The van der Waals surface area contributed by atoms with Crippen LogP contribution in [0.2, 0.25) is 0 Å². The topological polar surface area (TPSA) is 54.7 Å². The third-order valence-electron chi connectivity index (χ3n) is 6.20. The Labute approximate surface area is 197 Å². The van der Waals surface area contributed by atoms with Crippen LogP contribution in [0.15, 0.2) is 54.6 Å². The fraction of sp³-hybridized carbons (Fsp3) is 0.222. The Morgan fingerprint density at radius 3 is 2.18 bits per heavy atom. The Morgan fingerprint density at radius 2 is 1.53 bits per heavy atom. The van der Waals surface area contributed by atoms with Crippen LogP contribution >= 0.6 is 0 Å². The summed E-state index contributed by atoms with van der Waals surface area (Å²) in [6.45, 7) is 0. The molecule has 0 saturated heterocycles. The normalized spacial score (nSPS) is 12.0. The van der Waals surface area contributed by atoms with E-state index in [2.05, 4.69) is 0 Å². The SMILES string of the molecule is COc1ccc(-c2c3c(nn2-c2ccccc2)CCc2c-3cc(OC)c(OC)c2OC)cc1F. The molecule has 0 aliphatic heterocycles. The lowest BCUT2D eigenvalue weighted by Gasteiger charge is -2.23. The van der Waals surface area contributed by atoms with E-state index >= 15 is 0 Å². The number of ether oxygens (including phenoxy) is 4. The molecule has 0 atom stereocenters. The first-order chi connectivity index (χ1) is 16.6. The summed E-state index contributed by atoms with van der Waals surface area (Å²) in [5.41, 5.74) is 6.16. The predicted molar refractivity (Wildman–Crippen MR) is 128 cm³/mol. The van der Waals surface area contributed by atoms with Gasteiger partial charge in [-0.05, 0) is 54.8 Å². The molecule has 174 valence electrons. The van der Waals surface area contributed by atoms with Crippen LogP contribution in [0.1, 0.15) is 11.3 Å². The molecule has 6 nitrogen and oxygen atoms in total. The van der Waals surface area contributed by atoms with Crippen LogP contribution in [0.4, 0.5) is 4.39 Å². The van der Waals surface area contributed by atoms with E-state index in [0.717, 1.165) is 40.2 Å². The molecule has 34 heavy (non-hydrogen) atoms. The van der Waals surface area contributed by atoms with E-state index in [9.17, 15) is 4.39 Å². The van der Waals surface area contributed by atoms with E-state index in [1.807, 2.05) is 47.1 Å². The largest absolute Gasteiger partial charge is 0.494 e. The van der Waals surface area contributed by atoms with E-state index in [1.54, 1.807) is 27.4 Å². The van der Waals surface area contributed by atoms with Crippen LogP contribution in [0.25, 0.3) is 28.1 Å². The molecule has 0 N–H and O–H groups in total. The minimum absolute atomic E-state index is 0.192. The van der Waals surface area contributed by atoms with E-state index < -0.39 is 5.82 Å². The van der Waals surface area contributed by atoms with E-state index in [0.29, 0.717) is 29.2 Å². The fourth-order valence-electron chi connectivity index (χ4n) is 4.69. The van der Waals surface area contributed by atoms with Crippen molar-refractivity contribution in [3.05, 3.63) is 71.7 Å². The quantitative estimate of drug-likeness (QED) is 0.382. The summed E-state index contributed by atoms with van der Waals surface area (Å²) < 4.78 is 38.9. The third-order valence-corrected chi connectivity index (χ3v) is 6.20. The maximum atomic E-state index is 14.8. The fourth-order valence-corrected chi connectivity index (χ4v) is 4.69. The number of hydrogen-bond donors (Lipinski definition) is 0. The molecule has 0 spiro atoms. The van der Waals surface area contributed by atoms with Gasteiger partial charge in [-0.25, -0.2) is 9.07 Å². The van der Waals surface area contributed by atoms with Crippen molar-refractivity contribution in [2.75, 3.05) is 28.4 Å². The first-order valence-corrected chi connectivity index (χ1v) is 10.9. The molecule has 5 rings (SSSR count). The maximum Gasteiger partial charge on any atom is 0.203 e. The molecule has 1 heterocycles. The second kappa shape index (κ2) is 8.74. The first-order valence-electron chi connectivity index (χ1n) is 10.9. The zero-order valence-corrected chi connectivity index (χ0v) is 19.5. The molecular formula is C27H25FN2O4. The van der Waals surface area contributed by atoms with Gasteiger partial charge in [0.1, 0.15) is 0 Å². The second-order valence-corrected chi connectivity index (χ2v) is 7.94. The van der Waals surface area contributed by atoms with Crippen LogP contribution in [-0.4, -0.2) is 38.2 Å². The number of halogens is 1. The molecular weight excluding hydrogens is 435 g/mol. The summed E-state index contributed by atoms with van der Waals surface area (Å²) in [6.07, 6.45) is 1.44. The molecule has 0 unspecified atom stereocenters. The summed E-state index contributed by atoms with van der Waals surface area (Å²) >= 11 is 0. The van der Waals surface area contributed by atoms with Crippen LogP contribution in [-0.2, 0) is 12.8 Å². The Balaban J connectivity index is 1.85. The summed E-state index contributed by atoms with van der Waals surface area (Å²) in [5.74, 6) is 1.51. The molecule has 0 saturated carbocycles. The van der Waals surface area contributed by atoms with Gasteiger partial charge >= 0.3 is 0 Å². The Hall–Kier alpha value is -4.00. The van der Waals surface area contributed by atoms with Gasteiger partial charge in [-0.15, -0.1) is 0 Å². The highest BCUT2D eigenvalue weighted by atomic mass is 19.1. The number of fused-ring (bicyclic) bond motifs is 3. The van der Waals surface area contributed by atoms with Gasteiger partial charge in [-0.1, -0.05) is 18.2 Å². The molecule has 1 aliphatic rings. The van der Waals surface area contributed by atoms with Crippen molar-refractivity contribution < 1.29 is 23.3 Å². The molecule has 0 fully saturated rings. The van der Waals surface area contributed by atoms with Gasteiger partial charge in [0.2, 0.25) is 5.75 Å². The van der Waals surface area contributed by atoms with Crippen molar-refractivity contribution >= 4 is 0 Å². The van der Waals surface area contributed by atoms with Crippen molar-refractivity contribution in [1.82, 2.24) is 9.78 Å². The highest BCUT2D eigenvalue weighted by Gasteiger charge is 2.31. The number of aryl methyl sites for hydroxylation is 1. The summed E-state index contributed by atoms with van der Waals surface area (Å²) in [6, 6.07) is 16.8. The van der Waals surface area contributed by atoms with Crippen molar-refractivity contribution in [3.8, 4) is 51.1 Å². The summed E-state index contributed by atoms with van der Waals surface area (Å²) in [4.78, 5) is 0. The zero-order valence-electron chi connectivity index (χ0n) is 19.5. The van der Waals surface area contributed by atoms with Gasteiger partial charge in [-0.3, -0.25) is 0 Å². The Bertz CT molecular complexity index is 1370. The van der Waals surface area contributed by atoms with Crippen molar-refractivity contribution in [2.45, 2.75) is 12.8 Å². The molecule has 7 heteroatoms. The van der Waals surface area contributed by atoms with Gasteiger partial charge in [-0.2, -0.15) is 5.10 Å². The first kappa shape index (κ1) is 21.8. The van der Waals surface area contributed by atoms with Crippen LogP contribution in [0.5, 0.6) is 23.0 Å². The molecule has 0 amide bonds. The number of hydrogen-bond acceptors (Lipinski definition) is 5. The second-order valence-electron chi connectivity index (χ2n) is 7.94. The third kappa shape index (κ3) is 3.36. The molecule has 0 bridgehead atoms. The lowest BCUT2D eigenvalue weighted by Crippen LogP contribution is -2.08. The molecule has 1 aromatic heterocycles. The Kier molecular flexibility index (Phi) is 5.61. The monoisotopic (exact) mass is 460 g/mol. The van der Waals surface area contributed by atoms with Crippen LogP contribution in [0, 0.1) is 5.82 Å². The van der Waals surface area contributed by atoms with E-state index in [-0.39, 0.29) is 5.75 Å². The van der Waals surface area contributed by atoms with Crippen molar-refractivity contribution in [1.29, 1.82) is 0 Å². The minimum Gasteiger partial charge on any atom is -0.494 e. The number of para-hydroxylation sites is 1. The lowest BCUT2D eigenvalue weighted by atomic mass is 9.85. The molecule has 4 aromatic rings. The van der Waals surface area contributed by atoms with E-state index in [1.165, 1.54) is 13.2 Å². The average Bonchev–Trinajstić information content (AvgIpc) is 3.28. The van der Waals surface area contributed by atoms with Gasteiger partial charge < -0.3 is 18.9 Å². The lowest BCUT2D eigenvalue weighted by molar-refractivity contribution is 0.322. The number of methoxy groups -OCH3 is 4. The molecule has 0 radical (unpaired) electrons. The van der Waals surface area contributed by atoms with Gasteiger partial charge in [0.15, 0.2) is 23.1 Å². The van der Waals surface area contributed by atoms with E-state index in [4.69, 9.17) is 24.0 Å². The highest BCUT2D eigenvalue weighted by molar-refractivity contribution is 5.89. The smallest absolute Gasteiger partial charge is 0.203 e. The Morgan fingerprint density at radius 1 is 0.794 bits per heavy atom. The predicted octanol–water partition coefficient (Wildman–Crippen LogP) is 5.48.